The third-order valence-corrected chi connectivity index (χ3v) is 10.4. The molecule has 1 aliphatic rings. The summed E-state index contributed by atoms with van der Waals surface area (Å²) in [5, 5.41) is 28.9. The Hall–Kier alpha value is -2.70. The van der Waals surface area contributed by atoms with Crippen molar-refractivity contribution >= 4 is 36.5 Å². The Kier molecular flexibility index (Phi) is 11.8. The number of benzene rings is 1. The normalized spacial score (nSPS) is 18.5. The zero-order chi connectivity index (χ0) is 31.2. The van der Waals surface area contributed by atoms with Crippen molar-refractivity contribution in [2.75, 3.05) is 38.9 Å². The number of pyridine rings is 1. The standard InChI is InChI=1S/C28H38F2N5O5PS/c1-6-33(4)28(12-11-20(15-28)41(39-7-2)40-8-3)34(5)35-16-21(25(37)26(38)23(35)17-36)27(32)42-24(31)13-18-9-10-19(29)14-22(18)30/h9-10,14,16-17,20,31-32,38H,6-8,11-13,15H2,1-5H3. The third kappa shape index (κ3) is 7.08. The molecule has 2 aromatic rings. The van der Waals surface area contributed by atoms with E-state index < -0.39 is 36.9 Å². The predicted molar refractivity (Wildman–Crippen MR) is 163 cm³/mol. The van der Waals surface area contributed by atoms with Crippen LogP contribution in [-0.4, -0.2) is 76.2 Å². The van der Waals surface area contributed by atoms with E-state index in [1.165, 1.54) is 16.9 Å². The van der Waals surface area contributed by atoms with E-state index in [1.54, 1.807) is 12.1 Å². The molecule has 1 aromatic carbocycles. The van der Waals surface area contributed by atoms with Gasteiger partial charge in [-0.3, -0.25) is 35.0 Å². The van der Waals surface area contributed by atoms with Gasteiger partial charge in [-0.25, -0.2) is 8.78 Å². The highest BCUT2D eigenvalue weighted by Gasteiger charge is 2.49. The van der Waals surface area contributed by atoms with Gasteiger partial charge in [0.15, 0.2) is 20.4 Å². The lowest BCUT2D eigenvalue weighted by molar-refractivity contribution is 0.0997. The van der Waals surface area contributed by atoms with Gasteiger partial charge in [0.2, 0.25) is 5.43 Å². The number of thioether (sulfide) groups is 1. The first kappa shape index (κ1) is 33.8. The van der Waals surface area contributed by atoms with Gasteiger partial charge in [-0.15, -0.1) is 0 Å². The highest BCUT2D eigenvalue weighted by atomic mass is 32.2. The lowest BCUT2D eigenvalue weighted by Crippen LogP contribution is -2.61. The van der Waals surface area contributed by atoms with Crippen LogP contribution in [0.25, 0.3) is 0 Å². The predicted octanol–water partition coefficient (Wildman–Crippen LogP) is 5.08. The minimum absolute atomic E-state index is 0.0670. The molecule has 0 spiro atoms. The molecule has 0 aliphatic heterocycles. The molecule has 1 fully saturated rings. The van der Waals surface area contributed by atoms with Crippen molar-refractivity contribution < 1.29 is 27.7 Å². The average molecular weight is 626 g/mol. The van der Waals surface area contributed by atoms with Crippen molar-refractivity contribution in [3.8, 4) is 5.75 Å². The molecule has 3 N–H and O–H groups in total. The molecule has 1 saturated carbocycles. The molecule has 230 valence electrons. The monoisotopic (exact) mass is 625 g/mol. The number of nitrogens with one attached hydrogen (secondary N) is 2. The molecule has 0 saturated heterocycles. The molecule has 0 bridgehead atoms. The topological polar surface area (TPSA) is 132 Å². The smallest absolute Gasteiger partial charge is 0.233 e. The van der Waals surface area contributed by atoms with Gasteiger partial charge in [0.05, 0.1) is 23.8 Å². The second-order valence-corrected chi connectivity index (χ2v) is 12.8. The van der Waals surface area contributed by atoms with Crippen LogP contribution in [0, 0.1) is 22.5 Å². The lowest BCUT2D eigenvalue weighted by atomic mass is 10.1. The summed E-state index contributed by atoms with van der Waals surface area (Å²) in [4.78, 5) is 27.4. The van der Waals surface area contributed by atoms with Crippen molar-refractivity contribution in [3.63, 3.8) is 0 Å². The van der Waals surface area contributed by atoms with Gasteiger partial charge in [-0.2, -0.15) is 0 Å². The maximum atomic E-state index is 14.1. The summed E-state index contributed by atoms with van der Waals surface area (Å²) in [6.07, 6.45) is 3.59. The summed E-state index contributed by atoms with van der Waals surface area (Å²) in [5.41, 5.74) is -1.90. The van der Waals surface area contributed by atoms with Crippen molar-refractivity contribution in [1.82, 2.24) is 9.58 Å². The number of halogens is 2. The van der Waals surface area contributed by atoms with E-state index in [0.29, 0.717) is 56.7 Å². The van der Waals surface area contributed by atoms with E-state index in [2.05, 4.69) is 4.90 Å². The number of carbonyl (C=O) groups excluding carboxylic acids is 1. The van der Waals surface area contributed by atoms with Crippen molar-refractivity contribution in [3.05, 3.63) is 63.1 Å². The van der Waals surface area contributed by atoms with Crippen LogP contribution >= 0.6 is 20.1 Å². The van der Waals surface area contributed by atoms with E-state index in [1.807, 2.05) is 27.8 Å². The Labute approximate surface area is 249 Å². The fourth-order valence-electron chi connectivity index (χ4n) is 5.22. The number of nitrogens with zero attached hydrogens (tertiary/aromatic N) is 3. The SMILES string of the molecule is CCOP(OCC)C1CCC(N(C)CC)(N(C)n2cc(C(=N)SC(=N)Cc3ccc(F)cc3F)c(=O)c(O)c2C=O)C1. The zero-order valence-corrected chi connectivity index (χ0v) is 26.2. The van der Waals surface area contributed by atoms with Crippen LogP contribution in [0.15, 0.2) is 29.2 Å². The largest absolute Gasteiger partial charge is 0.503 e. The highest BCUT2D eigenvalue weighted by Crippen LogP contribution is 2.54. The first-order valence-corrected chi connectivity index (χ1v) is 15.7. The van der Waals surface area contributed by atoms with E-state index in [0.717, 1.165) is 12.5 Å². The van der Waals surface area contributed by atoms with Crippen LogP contribution in [-0.2, 0) is 15.5 Å². The van der Waals surface area contributed by atoms with Gasteiger partial charge >= 0.3 is 0 Å². The third-order valence-electron chi connectivity index (χ3n) is 7.51. The second kappa shape index (κ2) is 14.7. The Balaban J connectivity index is 1.98. The summed E-state index contributed by atoms with van der Waals surface area (Å²) in [6, 6.07) is 3.01. The number of rotatable bonds is 13. The number of hydrogen-bond donors (Lipinski definition) is 3. The lowest BCUT2D eigenvalue weighted by Gasteiger charge is -2.48. The van der Waals surface area contributed by atoms with Crippen LogP contribution in [0.4, 0.5) is 8.78 Å². The number of aldehydes is 1. The summed E-state index contributed by atoms with van der Waals surface area (Å²) >= 11 is 0.609. The van der Waals surface area contributed by atoms with Gasteiger partial charge in [-0.1, -0.05) is 24.8 Å². The molecule has 0 radical (unpaired) electrons. The minimum atomic E-state index is -1.16. The van der Waals surface area contributed by atoms with Gasteiger partial charge in [0.1, 0.15) is 28.0 Å². The second-order valence-electron chi connectivity index (χ2n) is 9.87. The average Bonchev–Trinajstić information content (AvgIpc) is 3.41. The van der Waals surface area contributed by atoms with E-state index in [4.69, 9.17) is 19.9 Å². The van der Waals surface area contributed by atoms with Gasteiger partial charge in [0, 0.05) is 31.4 Å². The molecule has 1 aliphatic carbocycles. The summed E-state index contributed by atoms with van der Waals surface area (Å²) in [6.45, 7) is 7.55. The molecule has 1 heterocycles. The first-order valence-electron chi connectivity index (χ1n) is 13.7. The molecule has 1 aromatic heterocycles. The van der Waals surface area contributed by atoms with Crippen LogP contribution in [0.5, 0.6) is 5.75 Å². The highest BCUT2D eigenvalue weighted by molar-refractivity contribution is 8.26. The van der Waals surface area contributed by atoms with E-state index >= 15 is 0 Å². The minimum Gasteiger partial charge on any atom is -0.503 e. The van der Waals surface area contributed by atoms with Crippen molar-refractivity contribution in [1.29, 1.82) is 10.8 Å². The molecular formula is C28H38F2N5O5PS. The van der Waals surface area contributed by atoms with E-state index in [9.17, 15) is 23.5 Å². The van der Waals surface area contributed by atoms with Gasteiger partial charge in [-0.05, 0) is 58.3 Å². The molecule has 10 nitrogen and oxygen atoms in total. The molecule has 14 heteroatoms. The maximum Gasteiger partial charge on any atom is 0.233 e. The first-order chi connectivity index (χ1) is 19.9. The van der Waals surface area contributed by atoms with Crippen LogP contribution in [0.2, 0.25) is 0 Å². The van der Waals surface area contributed by atoms with E-state index in [-0.39, 0.29) is 39.0 Å². The number of aromatic hydroxyl groups is 1. The Morgan fingerprint density at radius 1 is 1.24 bits per heavy atom. The van der Waals surface area contributed by atoms with Crippen molar-refractivity contribution in [2.45, 2.75) is 57.8 Å². The number of carbonyl (C=O) groups is 1. The number of hydrogen-bond acceptors (Lipinski definition) is 10. The quantitative estimate of drug-likeness (QED) is 0.0924. The number of aromatic nitrogens is 1. The Bertz CT molecular complexity index is 1370. The Morgan fingerprint density at radius 2 is 1.90 bits per heavy atom. The van der Waals surface area contributed by atoms with Gasteiger partial charge in [0.25, 0.3) is 0 Å². The van der Waals surface area contributed by atoms with Crippen LogP contribution in [0.3, 0.4) is 0 Å². The molecule has 0 amide bonds. The molecule has 2 atom stereocenters. The molecule has 3 rings (SSSR count). The van der Waals surface area contributed by atoms with Crippen molar-refractivity contribution in [2.24, 2.45) is 0 Å². The fraction of sp³-hybridized carbons (Fsp3) is 0.500. The molecule has 42 heavy (non-hydrogen) atoms. The summed E-state index contributed by atoms with van der Waals surface area (Å²) < 4.78 is 40.7. The van der Waals surface area contributed by atoms with Crippen LogP contribution < -0.4 is 10.4 Å². The fourth-order valence-corrected chi connectivity index (χ4v) is 7.74. The zero-order valence-electron chi connectivity index (χ0n) is 24.4. The Morgan fingerprint density at radius 3 is 2.48 bits per heavy atom. The summed E-state index contributed by atoms with van der Waals surface area (Å²) in [5.74, 6) is -2.38. The maximum absolute atomic E-state index is 14.1. The van der Waals surface area contributed by atoms with Crippen LogP contribution in [0.1, 0.15) is 61.6 Å². The molecule has 2 unspecified atom stereocenters. The summed E-state index contributed by atoms with van der Waals surface area (Å²) in [7, 11) is 2.56. The van der Waals surface area contributed by atoms with Gasteiger partial charge < -0.3 is 14.2 Å². The molecular weight excluding hydrogens is 587 g/mol.